The van der Waals surface area contributed by atoms with Crippen LogP contribution >= 0.6 is 23.6 Å². The number of thiophene rings is 1. The summed E-state index contributed by atoms with van der Waals surface area (Å²) in [5, 5.41) is 6.82. The van der Waals surface area contributed by atoms with Crippen LogP contribution in [0.1, 0.15) is 15.9 Å². The van der Waals surface area contributed by atoms with Crippen LogP contribution in [0.2, 0.25) is 0 Å². The van der Waals surface area contributed by atoms with Crippen molar-refractivity contribution in [2.45, 2.75) is 6.92 Å². The van der Waals surface area contributed by atoms with Gasteiger partial charge in [-0.15, -0.1) is 11.3 Å². The number of rotatable bonds is 4. The average Bonchev–Trinajstić information content (AvgIpc) is 3.08. The van der Waals surface area contributed by atoms with Crippen molar-refractivity contribution in [1.82, 2.24) is 0 Å². The summed E-state index contributed by atoms with van der Waals surface area (Å²) in [6.45, 7) is 1.85. The van der Waals surface area contributed by atoms with Gasteiger partial charge in [0.15, 0.2) is 5.11 Å². The van der Waals surface area contributed by atoms with Gasteiger partial charge in [0.2, 0.25) is 0 Å². The Balaban J connectivity index is 1.86. The van der Waals surface area contributed by atoms with Crippen LogP contribution in [0, 0.1) is 12.7 Å². The van der Waals surface area contributed by atoms with Gasteiger partial charge in [0.25, 0.3) is 0 Å². The van der Waals surface area contributed by atoms with E-state index in [0.717, 1.165) is 16.0 Å². The lowest BCUT2D eigenvalue weighted by Crippen LogP contribution is -2.20. The molecule has 0 saturated carbocycles. The van der Waals surface area contributed by atoms with E-state index < -0.39 is 5.97 Å². The van der Waals surface area contributed by atoms with Crippen LogP contribution in [0.15, 0.2) is 54.6 Å². The zero-order valence-electron chi connectivity index (χ0n) is 14.7. The molecule has 0 fully saturated rings. The minimum absolute atomic E-state index is 0.260. The number of thiocarbonyl (C=S) groups is 1. The van der Waals surface area contributed by atoms with Crippen molar-refractivity contribution in [2.75, 3.05) is 17.7 Å². The van der Waals surface area contributed by atoms with E-state index >= 15 is 0 Å². The molecule has 0 aliphatic heterocycles. The third-order valence-corrected chi connectivity index (χ3v) is 5.17. The predicted octanol–water partition coefficient (Wildman–Crippen LogP) is 5.46. The molecule has 0 amide bonds. The monoisotopic (exact) mass is 400 g/mol. The summed E-state index contributed by atoms with van der Waals surface area (Å²) < 4.78 is 18.3. The first-order chi connectivity index (χ1) is 13.0. The van der Waals surface area contributed by atoms with Crippen molar-refractivity contribution in [1.29, 1.82) is 0 Å². The van der Waals surface area contributed by atoms with Crippen molar-refractivity contribution in [3.05, 3.63) is 71.5 Å². The normalized spacial score (nSPS) is 10.3. The summed E-state index contributed by atoms with van der Waals surface area (Å²) in [5.41, 5.74) is 2.79. The van der Waals surface area contributed by atoms with Gasteiger partial charge in [-0.1, -0.05) is 36.4 Å². The fourth-order valence-corrected chi connectivity index (χ4v) is 3.81. The molecule has 138 valence electrons. The summed E-state index contributed by atoms with van der Waals surface area (Å²) in [4.78, 5) is 13.1. The number of aryl methyl sites for hydroxylation is 1. The predicted molar refractivity (Wildman–Crippen MR) is 112 cm³/mol. The molecule has 0 atom stereocenters. The molecule has 0 bridgehead atoms. The molecule has 7 heteroatoms. The number of benzene rings is 2. The van der Waals surface area contributed by atoms with Gasteiger partial charge in [0, 0.05) is 10.6 Å². The average molecular weight is 401 g/mol. The number of esters is 1. The van der Waals surface area contributed by atoms with E-state index in [0.29, 0.717) is 16.3 Å². The molecule has 3 rings (SSSR count). The Morgan fingerprint density at radius 2 is 1.85 bits per heavy atom. The number of nitrogens with one attached hydrogen (secondary N) is 2. The van der Waals surface area contributed by atoms with Crippen LogP contribution in [0.25, 0.3) is 10.4 Å². The van der Waals surface area contributed by atoms with E-state index in [1.807, 2.05) is 37.3 Å². The van der Waals surface area contributed by atoms with E-state index in [-0.39, 0.29) is 10.9 Å². The summed E-state index contributed by atoms with van der Waals surface area (Å²) in [6.07, 6.45) is 0. The SMILES string of the molecule is COC(=O)c1cc(-c2ccccc2)sc1NC(=S)Nc1cc(F)ccc1C. The maximum absolute atomic E-state index is 13.5. The molecule has 2 N–H and O–H groups in total. The van der Waals surface area contributed by atoms with Crippen molar-refractivity contribution in [3.63, 3.8) is 0 Å². The highest BCUT2D eigenvalue weighted by Crippen LogP contribution is 2.36. The topological polar surface area (TPSA) is 50.4 Å². The first-order valence-corrected chi connectivity index (χ1v) is 9.32. The van der Waals surface area contributed by atoms with E-state index in [1.54, 1.807) is 12.1 Å². The maximum Gasteiger partial charge on any atom is 0.340 e. The number of hydrogen-bond acceptors (Lipinski definition) is 4. The van der Waals surface area contributed by atoms with Crippen molar-refractivity contribution in [3.8, 4) is 10.4 Å². The molecular formula is C20H17FN2O2S2. The van der Waals surface area contributed by atoms with Crippen LogP contribution in [0.3, 0.4) is 0 Å². The molecule has 1 heterocycles. The van der Waals surface area contributed by atoms with Crippen LogP contribution < -0.4 is 10.6 Å². The van der Waals surface area contributed by atoms with Gasteiger partial charge in [0.05, 0.1) is 12.7 Å². The van der Waals surface area contributed by atoms with Crippen LogP contribution in [0.4, 0.5) is 15.1 Å². The Morgan fingerprint density at radius 3 is 2.56 bits per heavy atom. The summed E-state index contributed by atoms with van der Waals surface area (Å²) >= 11 is 6.73. The lowest BCUT2D eigenvalue weighted by atomic mass is 10.1. The first kappa shape index (κ1) is 19.0. The van der Waals surface area contributed by atoms with E-state index in [1.165, 1.54) is 30.6 Å². The smallest absolute Gasteiger partial charge is 0.340 e. The van der Waals surface area contributed by atoms with Gasteiger partial charge >= 0.3 is 5.97 Å². The van der Waals surface area contributed by atoms with Crippen LogP contribution in [0.5, 0.6) is 0 Å². The number of anilines is 2. The molecule has 2 aromatic carbocycles. The fraction of sp³-hybridized carbons (Fsp3) is 0.100. The number of carbonyl (C=O) groups is 1. The molecular weight excluding hydrogens is 383 g/mol. The lowest BCUT2D eigenvalue weighted by molar-refractivity contribution is 0.0602. The first-order valence-electron chi connectivity index (χ1n) is 8.09. The summed E-state index contributed by atoms with van der Waals surface area (Å²) in [6, 6.07) is 15.9. The Hall–Kier alpha value is -2.77. The third-order valence-electron chi connectivity index (χ3n) is 3.87. The molecule has 27 heavy (non-hydrogen) atoms. The molecule has 3 aromatic rings. The van der Waals surface area contributed by atoms with Crippen molar-refractivity contribution in [2.24, 2.45) is 0 Å². The van der Waals surface area contributed by atoms with Gasteiger partial charge in [0.1, 0.15) is 10.8 Å². The molecule has 4 nitrogen and oxygen atoms in total. The molecule has 0 aliphatic rings. The van der Waals surface area contributed by atoms with Crippen LogP contribution in [-0.4, -0.2) is 18.2 Å². The fourth-order valence-electron chi connectivity index (χ4n) is 2.48. The Morgan fingerprint density at radius 1 is 1.11 bits per heavy atom. The van der Waals surface area contributed by atoms with Crippen LogP contribution in [-0.2, 0) is 4.74 Å². The Kier molecular flexibility index (Phi) is 5.83. The highest BCUT2D eigenvalue weighted by molar-refractivity contribution is 7.80. The molecule has 0 spiro atoms. The molecule has 0 unspecified atom stereocenters. The Labute approximate surface area is 166 Å². The van der Waals surface area contributed by atoms with E-state index in [9.17, 15) is 9.18 Å². The molecule has 1 aromatic heterocycles. The second kappa shape index (κ2) is 8.28. The van der Waals surface area contributed by atoms with Crippen molar-refractivity contribution >= 4 is 45.3 Å². The minimum Gasteiger partial charge on any atom is -0.465 e. The molecule has 0 aliphatic carbocycles. The number of methoxy groups -OCH3 is 1. The third kappa shape index (κ3) is 4.50. The largest absolute Gasteiger partial charge is 0.465 e. The quantitative estimate of drug-likeness (QED) is 0.450. The van der Waals surface area contributed by atoms with Gasteiger partial charge in [-0.2, -0.15) is 0 Å². The van der Waals surface area contributed by atoms with Gasteiger partial charge in [-0.05, 0) is 48.5 Å². The zero-order valence-corrected chi connectivity index (χ0v) is 16.3. The molecule has 0 saturated heterocycles. The van der Waals surface area contributed by atoms with Gasteiger partial charge in [-0.3, -0.25) is 0 Å². The van der Waals surface area contributed by atoms with Gasteiger partial charge in [-0.25, -0.2) is 9.18 Å². The summed E-state index contributed by atoms with van der Waals surface area (Å²) in [7, 11) is 1.33. The number of ether oxygens (including phenoxy) is 1. The summed E-state index contributed by atoms with van der Waals surface area (Å²) in [5.74, 6) is -0.815. The highest BCUT2D eigenvalue weighted by atomic mass is 32.1. The number of hydrogen-bond donors (Lipinski definition) is 2. The minimum atomic E-state index is -0.458. The number of carbonyl (C=O) groups excluding carboxylic acids is 1. The highest BCUT2D eigenvalue weighted by Gasteiger charge is 2.18. The van der Waals surface area contributed by atoms with E-state index in [2.05, 4.69) is 10.6 Å². The second-order valence-corrected chi connectivity index (χ2v) is 7.21. The van der Waals surface area contributed by atoms with E-state index in [4.69, 9.17) is 17.0 Å². The number of halogens is 1. The molecule has 0 radical (unpaired) electrons. The standard InChI is InChI=1S/C20H17FN2O2S2/c1-12-8-9-14(21)10-16(12)22-20(26)23-18-15(19(24)25-2)11-17(27-18)13-6-4-3-5-7-13/h3-11H,1-2H3,(H2,22,23,26). The van der Waals surface area contributed by atoms with Gasteiger partial charge < -0.3 is 15.4 Å². The zero-order chi connectivity index (χ0) is 19.4. The lowest BCUT2D eigenvalue weighted by Gasteiger charge is -2.12. The van der Waals surface area contributed by atoms with Crippen molar-refractivity contribution < 1.29 is 13.9 Å². The Bertz CT molecular complexity index is 987. The maximum atomic E-state index is 13.5. The second-order valence-electron chi connectivity index (χ2n) is 5.75.